The molecule has 3 aliphatic rings. The molecule has 3 fully saturated rings. The Kier molecular flexibility index (Phi) is 7.14. The van der Waals surface area contributed by atoms with Crippen molar-refractivity contribution in [1.82, 2.24) is 15.1 Å². The Bertz CT molecular complexity index is 417. The summed E-state index contributed by atoms with van der Waals surface area (Å²) in [7, 11) is 0. The molecule has 0 bridgehead atoms. The minimum absolute atomic E-state index is 0.272. The van der Waals surface area contributed by atoms with Crippen LogP contribution in [0.3, 0.4) is 0 Å². The lowest BCUT2D eigenvalue weighted by molar-refractivity contribution is -0.122. The third kappa shape index (κ3) is 5.41. The first-order valence-electron chi connectivity index (χ1n) is 10.5. The van der Waals surface area contributed by atoms with E-state index in [1.807, 2.05) is 0 Å². The summed E-state index contributed by atoms with van der Waals surface area (Å²) >= 11 is 0. The predicted octanol–water partition coefficient (Wildman–Crippen LogP) is 2.26. The van der Waals surface area contributed by atoms with Gasteiger partial charge in [-0.25, -0.2) is 0 Å². The van der Waals surface area contributed by atoms with Crippen LogP contribution in [0, 0.1) is 5.92 Å². The Morgan fingerprint density at radius 1 is 1.12 bits per heavy atom. The fourth-order valence-electron chi connectivity index (χ4n) is 4.88. The summed E-state index contributed by atoms with van der Waals surface area (Å²) in [5.74, 6) is 0.873. The van der Waals surface area contributed by atoms with E-state index in [4.69, 9.17) is 4.74 Å². The predicted molar refractivity (Wildman–Crippen MR) is 101 cm³/mol. The van der Waals surface area contributed by atoms with E-state index >= 15 is 0 Å². The molecule has 2 heterocycles. The lowest BCUT2D eigenvalue weighted by Crippen LogP contribution is -2.55. The average Bonchev–Trinajstić information content (AvgIpc) is 3.13. The fourth-order valence-corrected chi connectivity index (χ4v) is 4.88. The Morgan fingerprint density at radius 2 is 1.84 bits per heavy atom. The van der Waals surface area contributed by atoms with Crippen molar-refractivity contribution >= 4 is 5.91 Å². The van der Waals surface area contributed by atoms with E-state index in [1.54, 1.807) is 0 Å². The molecular formula is C20H37N3O2. The van der Waals surface area contributed by atoms with E-state index in [0.717, 1.165) is 39.3 Å². The lowest BCUT2D eigenvalue weighted by Gasteiger charge is -2.46. The Balaban J connectivity index is 1.53. The number of ether oxygens (including phenoxy) is 1. The van der Waals surface area contributed by atoms with Gasteiger partial charge in [0.05, 0.1) is 13.2 Å². The maximum absolute atomic E-state index is 12.4. The molecule has 144 valence electrons. The van der Waals surface area contributed by atoms with Gasteiger partial charge in [0.15, 0.2) is 0 Å². The molecule has 0 aromatic carbocycles. The second-order valence-electron chi connectivity index (χ2n) is 8.44. The highest BCUT2D eigenvalue weighted by Crippen LogP contribution is 2.28. The number of rotatable bonds is 6. The van der Waals surface area contributed by atoms with Gasteiger partial charge >= 0.3 is 0 Å². The number of carbonyl (C=O) groups excluding carboxylic acids is 1. The van der Waals surface area contributed by atoms with E-state index in [-0.39, 0.29) is 5.91 Å². The van der Waals surface area contributed by atoms with Crippen molar-refractivity contribution in [3.05, 3.63) is 0 Å². The van der Waals surface area contributed by atoms with Crippen LogP contribution in [0.1, 0.15) is 58.8 Å². The molecule has 0 radical (unpaired) electrons. The standard InChI is InChI=1S/C20H37N3O2/c1-16(2)23-10-9-19(22-11-13-25-14-12-22)17(15-23)7-8-20(24)21-18-5-3-4-6-18/h16-19H,3-15H2,1-2H3,(H,21,24)/t17-,19+/m0/s1. The molecule has 1 N–H and O–H groups in total. The van der Waals surface area contributed by atoms with Gasteiger partial charge in [0.2, 0.25) is 5.91 Å². The van der Waals surface area contributed by atoms with Crippen LogP contribution in [-0.4, -0.2) is 73.2 Å². The van der Waals surface area contributed by atoms with Crippen LogP contribution in [0.2, 0.25) is 0 Å². The molecule has 0 unspecified atom stereocenters. The number of piperidine rings is 1. The zero-order valence-corrected chi connectivity index (χ0v) is 16.2. The minimum Gasteiger partial charge on any atom is -0.379 e. The number of carbonyl (C=O) groups is 1. The normalized spacial score (nSPS) is 30.0. The smallest absolute Gasteiger partial charge is 0.220 e. The van der Waals surface area contributed by atoms with Gasteiger partial charge in [-0.2, -0.15) is 0 Å². The Morgan fingerprint density at radius 3 is 2.52 bits per heavy atom. The average molecular weight is 352 g/mol. The lowest BCUT2D eigenvalue weighted by atomic mass is 9.86. The van der Waals surface area contributed by atoms with Crippen molar-refractivity contribution in [2.75, 3.05) is 39.4 Å². The van der Waals surface area contributed by atoms with Crippen LogP contribution in [0.5, 0.6) is 0 Å². The zero-order valence-electron chi connectivity index (χ0n) is 16.2. The molecule has 2 atom stereocenters. The first-order valence-corrected chi connectivity index (χ1v) is 10.5. The third-order valence-electron chi connectivity index (χ3n) is 6.43. The van der Waals surface area contributed by atoms with Crippen LogP contribution in [0.25, 0.3) is 0 Å². The van der Waals surface area contributed by atoms with Gasteiger partial charge in [0.25, 0.3) is 0 Å². The second kappa shape index (κ2) is 9.33. The molecule has 1 saturated carbocycles. The number of amides is 1. The highest BCUT2D eigenvalue weighted by molar-refractivity contribution is 5.76. The SMILES string of the molecule is CC(C)N1CC[C@@H](N2CCOCC2)[C@@H](CCC(=O)NC2CCCC2)C1. The number of nitrogens with zero attached hydrogens (tertiary/aromatic N) is 2. The Labute approximate surface area is 153 Å². The number of hydrogen-bond donors (Lipinski definition) is 1. The van der Waals surface area contributed by atoms with Crippen molar-refractivity contribution in [3.63, 3.8) is 0 Å². The second-order valence-corrected chi connectivity index (χ2v) is 8.44. The fraction of sp³-hybridized carbons (Fsp3) is 0.950. The molecule has 2 aliphatic heterocycles. The molecular weight excluding hydrogens is 314 g/mol. The maximum Gasteiger partial charge on any atom is 0.220 e. The molecule has 3 rings (SSSR count). The summed E-state index contributed by atoms with van der Waals surface area (Å²) < 4.78 is 5.54. The van der Waals surface area contributed by atoms with E-state index < -0.39 is 0 Å². The van der Waals surface area contributed by atoms with Gasteiger partial charge in [-0.1, -0.05) is 12.8 Å². The molecule has 5 heteroatoms. The molecule has 5 nitrogen and oxygen atoms in total. The number of nitrogens with one attached hydrogen (secondary N) is 1. The molecule has 25 heavy (non-hydrogen) atoms. The highest BCUT2D eigenvalue weighted by Gasteiger charge is 2.34. The van der Waals surface area contributed by atoms with E-state index in [2.05, 4.69) is 29.0 Å². The topological polar surface area (TPSA) is 44.8 Å². The van der Waals surface area contributed by atoms with Gasteiger partial charge in [0.1, 0.15) is 0 Å². The van der Waals surface area contributed by atoms with Gasteiger partial charge < -0.3 is 15.0 Å². The van der Waals surface area contributed by atoms with Crippen LogP contribution in [0.15, 0.2) is 0 Å². The molecule has 0 aromatic rings. The zero-order chi connectivity index (χ0) is 17.6. The van der Waals surface area contributed by atoms with Crippen molar-refractivity contribution in [2.24, 2.45) is 5.92 Å². The first-order chi connectivity index (χ1) is 12.1. The first kappa shape index (κ1) is 19.1. The molecule has 2 saturated heterocycles. The minimum atomic E-state index is 0.272. The Hall–Kier alpha value is -0.650. The van der Waals surface area contributed by atoms with Crippen molar-refractivity contribution in [3.8, 4) is 0 Å². The monoisotopic (exact) mass is 351 g/mol. The highest BCUT2D eigenvalue weighted by atomic mass is 16.5. The van der Waals surface area contributed by atoms with Gasteiger partial charge in [-0.15, -0.1) is 0 Å². The number of likely N-dealkylation sites (tertiary alicyclic amines) is 1. The summed E-state index contributed by atoms with van der Waals surface area (Å²) in [6.07, 6.45) is 7.83. The number of morpholine rings is 1. The molecule has 0 aromatic heterocycles. The molecule has 1 aliphatic carbocycles. The van der Waals surface area contributed by atoms with Gasteiger partial charge in [-0.05, 0) is 52.0 Å². The summed E-state index contributed by atoms with van der Waals surface area (Å²) in [6, 6.07) is 1.67. The summed E-state index contributed by atoms with van der Waals surface area (Å²) in [6.45, 7) is 10.7. The van der Waals surface area contributed by atoms with Crippen LogP contribution in [0.4, 0.5) is 0 Å². The van der Waals surface area contributed by atoms with E-state index in [0.29, 0.717) is 30.5 Å². The quantitative estimate of drug-likeness (QED) is 0.797. The van der Waals surface area contributed by atoms with Crippen LogP contribution < -0.4 is 5.32 Å². The third-order valence-corrected chi connectivity index (χ3v) is 6.43. The largest absolute Gasteiger partial charge is 0.379 e. The summed E-state index contributed by atoms with van der Waals surface area (Å²) in [4.78, 5) is 17.6. The van der Waals surface area contributed by atoms with E-state index in [1.165, 1.54) is 38.6 Å². The van der Waals surface area contributed by atoms with Crippen LogP contribution in [-0.2, 0) is 9.53 Å². The van der Waals surface area contributed by atoms with Crippen molar-refractivity contribution in [1.29, 1.82) is 0 Å². The van der Waals surface area contributed by atoms with Crippen molar-refractivity contribution in [2.45, 2.75) is 76.9 Å². The molecule has 0 spiro atoms. The summed E-state index contributed by atoms with van der Waals surface area (Å²) in [5.41, 5.74) is 0. The summed E-state index contributed by atoms with van der Waals surface area (Å²) in [5, 5.41) is 3.26. The van der Waals surface area contributed by atoms with Gasteiger partial charge in [-0.3, -0.25) is 9.69 Å². The molecule has 1 amide bonds. The van der Waals surface area contributed by atoms with Gasteiger partial charge in [0, 0.05) is 44.2 Å². The maximum atomic E-state index is 12.4. The number of hydrogen-bond acceptors (Lipinski definition) is 4. The van der Waals surface area contributed by atoms with Crippen molar-refractivity contribution < 1.29 is 9.53 Å². The van der Waals surface area contributed by atoms with E-state index in [9.17, 15) is 4.79 Å². The van der Waals surface area contributed by atoms with Crippen LogP contribution >= 0.6 is 0 Å².